The SMILES string of the molecule is Cc1ccnc(NS(=O)(=O)c2ccc(NC(=O)C=Cc3ccccc3)cc2)n1. The number of anilines is 2. The molecule has 8 heteroatoms. The van der Waals surface area contributed by atoms with Crippen molar-refractivity contribution in [3.8, 4) is 0 Å². The van der Waals surface area contributed by atoms with E-state index in [2.05, 4.69) is 20.0 Å². The topological polar surface area (TPSA) is 101 Å². The van der Waals surface area contributed by atoms with Crippen LogP contribution in [0.2, 0.25) is 0 Å². The number of aryl methyl sites for hydroxylation is 1. The number of hydrogen-bond donors (Lipinski definition) is 2. The van der Waals surface area contributed by atoms with E-state index in [0.717, 1.165) is 5.56 Å². The van der Waals surface area contributed by atoms with E-state index in [0.29, 0.717) is 11.4 Å². The minimum absolute atomic E-state index is 0.00317. The van der Waals surface area contributed by atoms with Crippen molar-refractivity contribution in [1.82, 2.24) is 9.97 Å². The van der Waals surface area contributed by atoms with Gasteiger partial charge in [0.05, 0.1) is 4.90 Å². The van der Waals surface area contributed by atoms with E-state index >= 15 is 0 Å². The average Bonchev–Trinajstić information content (AvgIpc) is 2.67. The number of amides is 1. The van der Waals surface area contributed by atoms with E-state index in [9.17, 15) is 13.2 Å². The van der Waals surface area contributed by atoms with Crippen molar-refractivity contribution in [3.63, 3.8) is 0 Å². The van der Waals surface area contributed by atoms with E-state index < -0.39 is 10.0 Å². The molecule has 0 bridgehead atoms. The highest BCUT2D eigenvalue weighted by Crippen LogP contribution is 2.16. The van der Waals surface area contributed by atoms with Gasteiger partial charge in [-0.3, -0.25) is 4.79 Å². The van der Waals surface area contributed by atoms with Crippen LogP contribution in [-0.4, -0.2) is 24.3 Å². The summed E-state index contributed by atoms with van der Waals surface area (Å²) in [5, 5.41) is 2.68. The van der Waals surface area contributed by atoms with Crippen LogP contribution in [0.25, 0.3) is 6.08 Å². The van der Waals surface area contributed by atoms with Gasteiger partial charge in [0.1, 0.15) is 0 Å². The molecule has 1 heterocycles. The number of nitrogens with zero attached hydrogens (tertiary/aromatic N) is 2. The summed E-state index contributed by atoms with van der Waals surface area (Å²) >= 11 is 0. The summed E-state index contributed by atoms with van der Waals surface area (Å²) in [6.07, 6.45) is 4.58. The quantitative estimate of drug-likeness (QED) is 0.625. The molecule has 0 saturated heterocycles. The Morgan fingerprint density at radius 1 is 1.00 bits per heavy atom. The third-order valence-electron chi connectivity index (χ3n) is 3.68. The molecule has 142 valence electrons. The second-order valence-electron chi connectivity index (χ2n) is 5.88. The molecule has 3 rings (SSSR count). The summed E-state index contributed by atoms with van der Waals surface area (Å²) in [5.41, 5.74) is 2.03. The molecule has 2 N–H and O–H groups in total. The Bertz CT molecular complexity index is 1100. The monoisotopic (exact) mass is 394 g/mol. The van der Waals surface area contributed by atoms with Gasteiger partial charge in [-0.2, -0.15) is 0 Å². The number of benzene rings is 2. The number of nitrogens with one attached hydrogen (secondary N) is 2. The van der Waals surface area contributed by atoms with Gasteiger partial charge in [-0.1, -0.05) is 30.3 Å². The largest absolute Gasteiger partial charge is 0.323 e. The summed E-state index contributed by atoms with van der Waals surface area (Å²) in [6.45, 7) is 1.74. The number of carbonyl (C=O) groups excluding carboxylic acids is 1. The van der Waals surface area contributed by atoms with Crippen LogP contribution >= 0.6 is 0 Å². The van der Waals surface area contributed by atoms with Crippen molar-refractivity contribution in [2.75, 3.05) is 10.0 Å². The predicted molar refractivity (Wildman–Crippen MR) is 108 cm³/mol. The molecule has 3 aromatic rings. The van der Waals surface area contributed by atoms with E-state index in [1.54, 1.807) is 19.1 Å². The van der Waals surface area contributed by atoms with E-state index in [1.807, 2.05) is 30.3 Å². The van der Waals surface area contributed by atoms with Gasteiger partial charge < -0.3 is 5.32 Å². The Balaban J connectivity index is 1.65. The summed E-state index contributed by atoms with van der Waals surface area (Å²) in [7, 11) is -3.82. The average molecular weight is 394 g/mol. The number of hydrogen-bond acceptors (Lipinski definition) is 5. The first kappa shape index (κ1) is 19.2. The van der Waals surface area contributed by atoms with Crippen LogP contribution < -0.4 is 10.0 Å². The molecule has 2 aromatic carbocycles. The molecule has 0 aliphatic carbocycles. The summed E-state index contributed by atoms with van der Waals surface area (Å²) in [4.78, 5) is 19.9. The van der Waals surface area contributed by atoms with Crippen molar-refractivity contribution in [1.29, 1.82) is 0 Å². The number of sulfonamides is 1. The van der Waals surface area contributed by atoms with E-state index in [1.165, 1.54) is 36.5 Å². The number of rotatable bonds is 6. The van der Waals surface area contributed by atoms with Gasteiger partial charge in [0.25, 0.3) is 10.0 Å². The first-order chi connectivity index (χ1) is 13.4. The van der Waals surface area contributed by atoms with Crippen LogP contribution in [0.1, 0.15) is 11.3 Å². The highest BCUT2D eigenvalue weighted by molar-refractivity contribution is 7.92. The highest BCUT2D eigenvalue weighted by Gasteiger charge is 2.15. The van der Waals surface area contributed by atoms with Crippen LogP contribution in [0.15, 0.2) is 77.8 Å². The van der Waals surface area contributed by atoms with Crippen molar-refractivity contribution in [3.05, 3.63) is 84.2 Å². The lowest BCUT2D eigenvalue weighted by atomic mass is 10.2. The fourth-order valence-corrected chi connectivity index (χ4v) is 3.27. The second-order valence-corrected chi connectivity index (χ2v) is 7.57. The van der Waals surface area contributed by atoms with Gasteiger partial charge in [0.15, 0.2) is 0 Å². The third-order valence-corrected chi connectivity index (χ3v) is 5.02. The Kier molecular flexibility index (Phi) is 5.81. The Labute approximate surface area is 163 Å². The van der Waals surface area contributed by atoms with Crippen LogP contribution in [-0.2, 0) is 14.8 Å². The Hall–Kier alpha value is -3.52. The number of carbonyl (C=O) groups is 1. The normalized spacial score (nSPS) is 11.3. The first-order valence-electron chi connectivity index (χ1n) is 8.39. The lowest BCUT2D eigenvalue weighted by Crippen LogP contribution is -2.15. The van der Waals surface area contributed by atoms with Crippen LogP contribution in [0.4, 0.5) is 11.6 Å². The van der Waals surface area contributed by atoms with Gasteiger partial charge in [-0.05, 0) is 48.9 Å². The zero-order valence-electron chi connectivity index (χ0n) is 15.0. The molecule has 7 nitrogen and oxygen atoms in total. The molecule has 0 unspecified atom stereocenters. The fraction of sp³-hybridized carbons (Fsp3) is 0.0500. The third kappa shape index (κ3) is 5.24. The fourth-order valence-electron chi connectivity index (χ4n) is 2.31. The van der Waals surface area contributed by atoms with Gasteiger partial charge in [0, 0.05) is 23.7 Å². The molecule has 0 saturated carbocycles. The smallest absolute Gasteiger partial charge is 0.264 e. The molecule has 0 aliphatic rings. The molecule has 0 spiro atoms. The maximum absolute atomic E-state index is 12.4. The van der Waals surface area contributed by atoms with E-state index in [4.69, 9.17) is 0 Å². The van der Waals surface area contributed by atoms with Crippen molar-refractivity contribution in [2.45, 2.75) is 11.8 Å². The molecule has 1 aromatic heterocycles. The first-order valence-corrected chi connectivity index (χ1v) is 9.87. The lowest BCUT2D eigenvalue weighted by Gasteiger charge is -2.08. The van der Waals surface area contributed by atoms with Crippen molar-refractivity contribution >= 4 is 33.6 Å². The molecule has 28 heavy (non-hydrogen) atoms. The van der Waals surface area contributed by atoms with Gasteiger partial charge in [-0.15, -0.1) is 0 Å². The van der Waals surface area contributed by atoms with Crippen LogP contribution in [0.5, 0.6) is 0 Å². The summed E-state index contributed by atoms with van der Waals surface area (Å²) in [6, 6.07) is 16.9. The predicted octanol–water partition coefficient (Wildman–Crippen LogP) is 3.24. The maximum atomic E-state index is 12.4. The molecular weight excluding hydrogens is 376 g/mol. The molecule has 0 fully saturated rings. The molecular formula is C20H18N4O3S. The second kappa shape index (κ2) is 8.45. The van der Waals surface area contributed by atoms with Crippen LogP contribution in [0, 0.1) is 6.92 Å². The molecule has 0 radical (unpaired) electrons. The summed E-state index contributed by atoms with van der Waals surface area (Å²) in [5.74, 6) is -0.311. The minimum Gasteiger partial charge on any atom is -0.323 e. The molecule has 0 aliphatic heterocycles. The maximum Gasteiger partial charge on any atom is 0.264 e. The van der Waals surface area contributed by atoms with Gasteiger partial charge in [0.2, 0.25) is 11.9 Å². The molecule has 0 atom stereocenters. The summed E-state index contributed by atoms with van der Waals surface area (Å²) < 4.78 is 27.2. The van der Waals surface area contributed by atoms with E-state index in [-0.39, 0.29) is 16.8 Å². The Morgan fingerprint density at radius 3 is 2.39 bits per heavy atom. The van der Waals surface area contributed by atoms with Gasteiger partial charge in [-0.25, -0.2) is 23.1 Å². The minimum atomic E-state index is -3.82. The zero-order chi connectivity index (χ0) is 20.0. The lowest BCUT2D eigenvalue weighted by molar-refractivity contribution is -0.111. The van der Waals surface area contributed by atoms with Crippen LogP contribution in [0.3, 0.4) is 0 Å². The van der Waals surface area contributed by atoms with Crippen molar-refractivity contribution < 1.29 is 13.2 Å². The zero-order valence-corrected chi connectivity index (χ0v) is 15.8. The van der Waals surface area contributed by atoms with Crippen molar-refractivity contribution in [2.24, 2.45) is 0 Å². The molecule has 1 amide bonds. The Morgan fingerprint density at radius 2 is 1.71 bits per heavy atom. The standard InChI is InChI=1S/C20H18N4O3S/c1-15-13-14-21-20(22-15)24-28(26,27)18-10-8-17(9-11-18)23-19(25)12-7-16-5-3-2-4-6-16/h2-14H,1H3,(H,23,25)(H,21,22,24). The highest BCUT2D eigenvalue weighted by atomic mass is 32.2. The van der Waals surface area contributed by atoms with Gasteiger partial charge >= 0.3 is 0 Å². The number of aromatic nitrogens is 2.